The van der Waals surface area contributed by atoms with Gasteiger partial charge in [0, 0.05) is 0 Å². The average molecular weight is 167 g/mol. The summed E-state index contributed by atoms with van der Waals surface area (Å²) in [6.45, 7) is 0.561. The van der Waals surface area contributed by atoms with E-state index in [0.29, 0.717) is 12.3 Å². The molecule has 0 bridgehead atoms. The maximum atomic E-state index is 11.5. The SMILES string of the molecule is CN(C)CC(=O)C1=CCCCC1. The normalized spacial score (nSPS) is 17.8. The van der Waals surface area contributed by atoms with Crippen LogP contribution in [-0.2, 0) is 4.79 Å². The average Bonchev–Trinajstić information content (AvgIpc) is 2.05. The summed E-state index contributed by atoms with van der Waals surface area (Å²) in [5, 5.41) is 0. The van der Waals surface area contributed by atoms with Crippen molar-refractivity contribution >= 4 is 5.78 Å². The van der Waals surface area contributed by atoms with Crippen LogP contribution in [0.3, 0.4) is 0 Å². The summed E-state index contributed by atoms with van der Waals surface area (Å²) in [7, 11) is 3.86. The van der Waals surface area contributed by atoms with Gasteiger partial charge in [0.25, 0.3) is 0 Å². The molecular formula is C10H17NO. The van der Waals surface area contributed by atoms with Crippen molar-refractivity contribution < 1.29 is 4.79 Å². The molecule has 1 aliphatic rings. The second-order valence-corrected chi connectivity index (χ2v) is 3.64. The number of hydrogen-bond donors (Lipinski definition) is 0. The van der Waals surface area contributed by atoms with Crippen LogP contribution >= 0.6 is 0 Å². The summed E-state index contributed by atoms with van der Waals surface area (Å²) in [5.41, 5.74) is 1.05. The van der Waals surface area contributed by atoms with E-state index in [-0.39, 0.29) is 0 Å². The molecule has 0 aromatic rings. The van der Waals surface area contributed by atoms with Crippen molar-refractivity contribution in [2.75, 3.05) is 20.6 Å². The highest BCUT2D eigenvalue weighted by molar-refractivity contribution is 5.96. The van der Waals surface area contributed by atoms with Crippen LogP contribution in [0.2, 0.25) is 0 Å². The Labute approximate surface area is 74.2 Å². The number of allylic oxidation sites excluding steroid dienone is 1. The molecule has 68 valence electrons. The molecule has 0 unspecified atom stereocenters. The van der Waals surface area contributed by atoms with Crippen LogP contribution in [0.5, 0.6) is 0 Å². The summed E-state index contributed by atoms with van der Waals surface area (Å²) in [6.07, 6.45) is 6.63. The Hall–Kier alpha value is -0.630. The first-order valence-electron chi connectivity index (χ1n) is 4.57. The second kappa shape index (κ2) is 4.41. The van der Waals surface area contributed by atoms with E-state index >= 15 is 0 Å². The Bertz CT molecular complexity index is 194. The molecule has 0 radical (unpaired) electrons. The van der Waals surface area contributed by atoms with Gasteiger partial charge in [0.1, 0.15) is 0 Å². The molecule has 1 rings (SSSR count). The molecule has 0 saturated carbocycles. The van der Waals surface area contributed by atoms with Gasteiger partial charge in [-0.2, -0.15) is 0 Å². The molecule has 0 amide bonds. The summed E-state index contributed by atoms with van der Waals surface area (Å²) < 4.78 is 0. The molecule has 2 nitrogen and oxygen atoms in total. The predicted octanol–water partition coefficient (Wildman–Crippen LogP) is 1.62. The third-order valence-corrected chi connectivity index (χ3v) is 2.11. The molecule has 0 fully saturated rings. The van der Waals surface area contributed by atoms with Crippen molar-refractivity contribution in [1.82, 2.24) is 4.90 Å². The number of carbonyl (C=O) groups is 1. The zero-order valence-corrected chi connectivity index (χ0v) is 7.97. The fourth-order valence-corrected chi connectivity index (χ4v) is 1.48. The Balaban J connectivity index is 2.45. The lowest BCUT2D eigenvalue weighted by atomic mass is 9.96. The summed E-state index contributed by atoms with van der Waals surface area (Å²) in [4.78, 5) is 13.4. The molecule has 1 aliphatic carbocycles. The van der Waals surface area contributed by atoms with Gasteiger partial charge >= 0.3 is 0 Å². The monoisotopic (exact) mass is 167 g/mol. The van der Waals surface area contributed by atoms with Crippen molar-refractivity contribution in [3.8, 4) is 0 Å². The standard InChI is InChI=1S/C10H17NO/c1-11(2)8-10(12)9-6-4-3-5-7-9/h6H,3-5,7-8H2,1-2H3. The minimum atomic E-state index is 0.305. The number of hydrogen-bond acceptors (Lipinski definition) is 2. The number of likely N-dealkylation sites (N-methyl/N-ethyl adjacent to an activating group) is 1. The van der Waals surface area contributed by atoms with Crippen molar-refractivity contribution in [3.05, 3.63) is 11.6 Å². The maximum Gasteiger partial charge on any atom is 0.172 e. The number of rotatable bonds is 3. The molecule has 12 heavy (non-hydrogen) atoms. The van der Waals surface area contributed by atoms with Gasteiger partial charge in [0.15, 0.2) is 5.78 Å². The van der Waals surface area contributed by atoms with E-state index in [4.69, 9.17) is 0 Å². The van der Waals surface area contributed by atoms with Crippen LogP contribution in [0.25, 0.3) is 0 Å². The van der Waals surface area contributed by atoms with Gasteiger partial charge in [-0.1, -0.05) is 6.08 Å². The van der Waals surface area contributed by atoms with Crippen LogP contribution in [-0.4, -0.2) is 31.3 Å². The van der Waals surface area contributed by atoms with E-state index in [2.05, 4.69) is 6.08 Å². The zero-order chi connectivity index (χ0) is 8.97. The quantitative estimate of drug-likeness (QED) is 0.636. The van der Waals surface area contributed by atoms with E-state index < -0.39 is 0 Å². The minimum Gasteiger partial charge on any atom is -0.302 e. The first-order chi connectivity index (χ1) is 5.70. The van der Waals surface area contributed by atoms with Gasteiger partial charge in [0.05, 0.1) is 6.54 Å². The first kappa shape index (κ1) is 9.46. The molecular weight excluding hydrogens is 150 g/mol. The highest BCUT2D eigenvalue weighted by Gasteiger charge is 2.12. The Kier molecular flexibility index (Phi) is 3.48. The maximum absolute atomic E-state index is 11.5. The van der Waals surface area contributed by atoms with Crippen molar-refractivity contribution in [2.45, 2.75) is 25.7 Å². The van der Waals surface area contributed by atoms with Crippen molar-refractivity contribution in [3.63, 3.8) is 0 Å². The molecule has 0 heterocycles. The molecule has 0 N–H and O–H groups in total. The van der Waals surface area contributed by atoms with Gasteiger partial charge in [-0.05, 0) is 45.4 Å². The smallest absolute Gasteiger partial charge is 0.172 e. The van der Waals surface area contributed by atoms with E-state index in [1.807, 2.05) is 19.0 Å². The summed E-state index contributed by atoms with van der Waals surface area (Å²) >= 11 is 0. The summed E-state index contributed by atoms with van der Waals surface area (Å²) in [6, 6.07) is 0. The molecule has 0 saturated heterocycles. The predicted molar refractivity (Wildman–Crippen MR) is 50.1 cm³/mol. The highest BCUT2D eigenvalue weighted by Crippen LogP contribution is 2.17. The molecule has 0 aromatic carbocycles. The van der Waals surface area contributed by atoms with Crippen LogP contribution in [0.1, 0.15) is 25.7 Å². The fourth-order valence-electron chi connectivity index (χ4n) is 1.48. The molecule has 0 aromatic heterocycles. The van der Waals surface area contributed by atoms with E-state index in [9.17, 15) is 4.79 Å². The third-order valence-electron chi connectivity index (χ3n) is 2.11. The number of nitrogens with zero attached hydrogens (tertiary/aromatic N) is 1. The number of ketones is 1. The summed E-state index contributed by atoms with van der Waals surface area (Å²) in [5.74, 6) is 0.305. The molecule has 0 atom stereocenters. The Morgan fingerprint density at radius 2 is 2.25 bits per heavy atom. The largest absolute Gasteiger partial charge is 0.302 e. The first-order valence-corrected chi connectivity index (χ1v) is 4.57. The Morgan fingerprint density at radius 1 is 1.50 bits per heavy atom. The lowest BCUT2D eigenvalue weighted by Crippen LogP contribution is -2.23. The third kappa shape index (κ3) is 2.78. The van der Waals surface area contributed by atoms with Crippen LogP contribution in [0.4, 0.5) is 0 Å². The van der Waals surface area contributed by atoms with E-state index in [0.717, 1.165) is 18.4 Å². The fraction of sp³-hybridized carbons (Fsp3) is 0.700. The van der Waals surface area contributed by atoms with Crippen LogP contribution in [0.15, 0.2) is 11.6 Å². The van der Waals surface area contributed by atoms with Gasteiger partial charge in [-0.25, -0.2) is 0 Å². The lowest BCUT2D eigenvalue weighted by molar-refractivity contribution is -0.116. The topological polar surface area (TPSA) is 20.3 Å². The molecule has 2 heteroatoms. The van der Waals surface area contributed by atoms with Gasteiger partial charge in [-0.3, -0.25) is 4.79 Å². The van der Waals surface area contributed by atoms with Gasteiger partial charge in [-0.15, -0.1) is 0 Å². The van der Waals surface area contributed by atoms with E-state index in [1.54, 1.807) is 0 Å². The Morgan fingerprint density at radius 3 is 2.75 bits per heavy atom. The minimum absolute atomic E-state index is 0.305. The van der Waals surface area contributed by atoms with Crippen molar-refractivity contribution in [2.24, 2.45) is 0 Å². The zero-order valence-electron chi connectivity index (χ0n) is 7.97. The van der Waals surface area contributed by atoms with Crippen molar-refractivity contribution in [1.29, 1.82) is 0 Å². The van der Waals surface area contributed by atoms with Crippen LogP contribution in [0, 0.1) is 0 Å². The molecule has 0 aliphatic heterocycles. The number of carbonyl (C=O) groups excluding carboxylic acids is 1. The number of Topliss-reactive ketones (excluding diaryl/α,β-unsaturated/α-hetero) is 1. The molecule has 0 spiro atoms. The highest BCUT2D eigenvalue weighted by atomic mass is 16.1. The van der Waals surface area contributed by atoms with Gasteiger partial charge < -0.3 is 4.90 Å². The lowest BCUT2D eigenvalue weighted by Gasteiger charge is -2.14. The second-order valence-electron chi connectivity index (χ2n) is 3.64. The van der Waals surface area contributed by atoms with Crippen LogP contribution < -0.4 is 0 Å². The van der Waals surface area contributed by atoms with E-state index in [1.165, 1.54) is 12.8 Å². The van der Waals surface area contributed by atoms with Gasteiger partial charge in [0.2, 0.25) is 0 Å².